The third-order valence-electron chi connectivity index (χ3n) is 3.50. The summed E-state index contributed by atoms with van der Waals surface area (Å²) in [5.74, 6) is -0.155. The van der Waals surface area contributed by atoms with Crippen molar-refractivity contribution >= 4 is 17.5 Å². The summed E-state index contributed by atoms with van der Waals surface area (Å²) < 4.78 is 15.9. The fourth-order valence-electron chi connectivity index (χ4n) is 2.35. The number of carbonyl (C=O) groups is 1. The van der Waals surface area contributed by atoms with E-state index in [9.17, 15) is 14.9 Å². The molecule has 1 aliphatic heterocycles. The first kappa shape index (κ1) is 16.9. The van der Waals surface area contributed by atoms with Crippen molar-refractivity contribution in [3.63, 3.8) is 0 Å². The molecular weight excluding hydrogens is 328 g/mol. The molecule has 0 saturated carbocycles. The Balaban J connectivity index is 1.76. The van der Waals surface area contributed by atoms with Crippen molar-refractivity contribution < 1.29 is 23.9 Å². The van der Waals surface area contributed by atoms with Crippen LogP contribution in [0.15, 0.2) is 48.5 Å². The minimum Gasteiger partial charge on any atom is -0.403 e. The highest BCUT2D eigenvalue weighted by atomic mass is 16.7. The van der Waals surface area contributed by atoms with Gasteiger partial charge in [-0.1, -0.05) is 18.2 Å². The van der Waals surface area contributed by atoms with Crippen molar-refractivity contribution in [2.45, 2.75) is 12.7 Å². The molecule has 0 unspecified atom stereocenters. The van der Waals surface area contributed by atoms with Gasteiger partial charge in [0.2, 0.25) is 5.75 Å². The third-order valence-corrected chi connectivity index (χ3v) is 3.50. The molecule has 0 radical (unpaired) electrons. The van der Waals surface area contributed by atoms with Gasteiger partial charge in [0.1, 0.15) is 0 Å². The number of nitrogens with one attached hydrogen (secondary N) is 1. The number of rotatable bonds is 4. The van der Waals surface area contributed by atoms with E-state index in [0.717, 1.165) is 6.42 Å². The lowest BCUT2D eigenvalue weighted by molar-refractivity contribution is -0.385. The van der Waals surface area contributed by atoms with Crippen LogP contribution in [0.1, 0.15) is 18.3 Å². The number of nitro benzene ring substituents is 1. The Labute approximate surface area is 143 Å². The molecule has 1 heterocycles. The monoisotopic (exact) mass is 344 g/mol. The highest BCUT2D eigenvalue weighted by molar-refractivity contribution is 5.86. The average molecular weight is 344 g/mol. The summed E-state index contributed by atoms with van der Waals surface area (Å²) in [6.45, 7) is 1.05. The molecular formula is C17H16N2O6. The number of anilines is 1. The van der Waals surface area contributed by atoms with Gasteiger partial charge in [0, 0.05) is 17.3 Å². The molecule has 2 aromatic carbocycles. The predicted octanol–water partition coefficient (Wildman–Crippen LogP) is 3.64. The van der Waals surface area contributed by atoms with Crippen molar-refractivity contribution in [1.82, 2.24) is 0 Å². The van der Waals surface area contributed by atoms with Crippen molar-refractivity contribution in [3.05, 3.63) is 64.2 Å². The van der Waals surface area contributed by atoms with Gasteiger partial charge < -0.3 is 14.2 Å². The van der Waals surface area contributed by atoms with Gasteiger partial charge in [-0.3, -0.25) is 15.4 Å². The second kappa shape index (κ2) is 7.73. The molecule has 8 heteroatoms. The zero-order valence-electron chi connectivity index (χ0n) is 13.2. The SMILES string of the molecule is O=C(Nc1ccccc1)Oc1ccc(C2OCCCO2)cc1[N+](=O)[O-]. The lowest BCUT2D eigenvalue weighted by Crippen LogP contribution is -2.19. The van der Waals surface area contributed by atoms with E-state index in [0.29, 0.717) is 24.5 Å². The van der Waals surface area contributed by atoms with Crippen molar-refractivity contribution in [3.8, 4) is 5.75 Å². The Hall–Kier alpha value is -2.97. The fraction of sp³-hybridized carbons (Fsp3) is 0.235. The van der Waals surface area contributed by atoms with E-state index in [1.807, 2.05) is 0 Å². The van der Waals surface area contributed by atoms with E-state index in [2.05, 4.69) is 5.32 Å². The largest absolute Gasteiger partial charge is 0.417 e. The zero-order valence-corrected chi connectivity index (χ0v) is 13.2. The molecule has 0 aromatic heterocycles. The maximum absolute atomic E-state index is 11.9. The van der Waals surface area contributed by atoms with Crippen LogP contribution in [0, 0.1) is 10.1 Å². The van der Waals surface area contributed by atoms with E-state index in [1.54, 1.807) is 36.4 Å². The third kappa shape index (κ3) is 4.31. The number of hydrogen-bond acceptors (Lipinski definition) is 6. The molecule has 0 spiro atoms. The minimum absolute atomic E-state index is 0.155. The number of carbonyl (C=O) groups excluding carboxylic acids is 1. The van der Waals surface area contributed by atoms with Crippen LogP contribution >= 0.6 is 0 Å². The number of nitro groups is 1. The lowest BCUT2D eigenvalue weighted by atomic mass is 10.1. The standard InChI is InChI=1S/C17H16N2O6/c20-17(18-13-5-2-1-3-6-13)25-15-8-7-12(11-14(15)19(21)22)16-23-9-4-10-24-16/h1-3,5-8,11,16H,4,9-10H2,(H,18,20). The summed E-state index contributed by atoms with van der Waals surface area (Å²) in [7, 11) is 0. The highest BCUT2D eigenvalue weighted by Gasteiger charge is 2.24. The Morgan fingerprint density at radius 1 is 1.16 bits per heavy atom. The van der Waals surface area contributed by atoms with Crippen LogP contribution in [-0.2, 0) is 9.47 Å². The zero-order chi connectivity index (χ0) is 17.6. The van der Waals surface area contributed by atoms with Gasteiger partial charge in [0.15, 0.2) is 6.29 Å². The highest BCUT2D eigenvalue weighted by Crippen LogP contribution is 2.33. The van der Waals surface area contributed by atoms with Crippen molar-refractivity contribution in [2.24, 2.45) is 0 Å². The summed E-state index contributed by atoms with van der Waals surface area (Å²) in [5.41, 5.74) is 0.691. The van der Waals surface area contributed by atoms with Gasteiger partial charge in [-0.2, -0.15) is 0 Å². The average Bonchev–Trinajstić information content (AvgIpc) is 2.63. The first-order chi connectivity index (χ1) is 12.1. The Bertz CT molecular complexity index is 759. The molecule has 25 heavy (non-hydrogen) atoms. The lowest BCUT2D eigenvalue weighted by Gasteiger charge is -2.23. The van der Waals surface area contributed by atoms with E-state index in [-0.39, 0.29) is 11.4 Å². The van der Waals surface area contributed by atoms with Gasteiger partial charge in [-0.25, -0.2) is 4.79 Å². The molecule has 0 aliphatic carbocycles. The Kier molecular flexibility index (Phi) is 5.22. The summed E-state index contributed by atoms with van der Waals surface area (Å²) in [4.78, 5) is 22.6. The summed E-state index contributed by atoms with van der Waals surface area (Å²) in [5, 5.41) is 13.8. The Morgan fingerprint density at radius 3 is 2.56 bits per heavy atom. The van der Waals surface area contributed by atoms with Crippen LogP contribution in [0.2, 0.25) is 0 Å². The van der Waals surface area contributed by atoms with Gasteiger partial charge >= 0.3 is 11.8 Å². The molecule has 1 N–H and O–H groups in total. The summed E-state index contributed by atoms with van der Waals surface area (Å²) in [6, 6.07) is 12.9. The smallest absolute Gasteiger partial charge is 0.403 e. The van der Waals surface area contributed by atoms with E-state index < -0.39 is 17.3 Å². The molecule has 1 amide bonds. The molecule has 3 rings (SSSR count). The van der Waals surface area contributed by atoms with Crippen LogP contribution in [0.5, 0.6) is 5.75 Å². The maximum Gasteiger partial charge on any atom is 0.417 e. The minimum atomic E-state index is -0.813. The molecule has 0 atom stereocenters. The van der Waals surface area contributed by atoms with Crippen molar-refractivity contribution in [2.75, 3.05) is 18.5 Å². The van der Waals surface area contributed by atoms with Crippen LogP contribution in [0.3, 0.4) is 0 Å². The molecule has 1 fully saturated rings. The molecule has 8 nitrogen and oxygen atoms in total. The predicted molar refractivity (Wildman–Crippen MR) is 88.4 cm³/mol. The fourth-order valence-corrected chi connectivity index (χ4v) is 2.35. The molecule has 2 aromatic rings. The quantitative estimate of drug-likeness (QED) is 0.671. The second-order valence-electron chi connectivity index (χ2n) is 5.29. The number of benzene rings is 2. The first-order valence-corrected chi connectivity index (χ1v) is 7.69. The molecule has 1 saturated heterocycles. The number of amides is 1. The van der Waals surface area contributed by atoms with Gasteiger partial charge in [-0.15, -0.1) is 0 Å². The van der Waals surface area contributed by atoms with E-state index >= 15 is 0 Å². The summed E-state index contributed by atoms with van der Waals surface area (Å²) in [6.07, 6.45) is -0.689. The van der Waals surface area contributed by atoms with Crippen molar-refractivity contribution in [1.29, 1.82) is 0 Å². The number of para-hydroxylation sites is 1. The second-order valence-corrected chi connectivity index (χ2v) is 5.29. The summed E-state index contributed by atoms with van der Waals surface area (Å²) >= 11 is 0. The molecule has 0 bridgehead atoms. The number of nitrogens with zero attached hydrogens (tertiary/aromatic N) is 1. The first-order valence-electron chi connectivity index (χ1n) is 7.69. The van der Waals surface area contributed by atoms with Crippen LogP contribution < -0.4 is 10.1 Å². The van der Waals surface area contributed by atoms with Crippen LogP contribution in [-0.4, -0.2) is 24.2 Å². The normalized spacial score (nSPS) is 14.7. The Morgan fingerprint density at radius 2 is 1.88 bits per heavy atom. The molecule has 130 valence electrons. The van der Waals surface area contributed by atoms with Gasteiger partial charge in [0.25, 0.3) is 0 Å². The topological polar surface area (TPSA) is 99.9 Å². The molecule has 1 aliphatic rings. The number of hydrogen-bond donors (Lipinski definition) is 1. The maximum atomic E-state index is 11.9. The number of ether oxygens (including phenoxy) is 3. The van der Waals surface area contributed by atoms with Crippen LogP contribution in [0.4, 0.5) is 16.2 Å². The van der Waals surface area contributed by atoms with Gasteiger partial charge in [0.05, 0.1) is 18.1 Å². The van der Waals surface area contributed by atoms with Gasteiger partial charge in [-0.05, 0) is 30.7 Å². The van der Waals surface area contributed by atoms with E-state index in [1.165, 1.54) is 12.1 Å². The van der Waals surface area contributed by atoms with Crippen LogP contribution in [0.25, 0.3) is 0 Å². The van der Waals surface area contributed by atoms with E-state index in [4.69, 9.17) is 14.2 Å².